The number of piperidine rings is 1. The van der Waals surface area contributed by atoms with Crippen LogP contribution in [0.25, 0.3) is 0 Å². The Morgan fingerprint density at radius 1 is 0.964 bits per heavy atom. The van der Waals surface area contributed by atoms with E-state index in [-0.39, 0.29) is 17.6 Å². The standard InChI is InChI=1S/C23H29F2NO2/c1-28-17-23(27)12-15-26(16-13-23)14-2-3-22(18-4-8-20(24)9-5-18)19-6-10-21(25)11-7-19/h4-11,22,27H,2-3,12-17H2,1H3. The van der Waals surface area contributed by atoms with Crippen molar-refractivity contribution < 1.29 is 18.6 Å². The predicted molar refractivity (Wildman–Crippen MR) is 106 cm³/mol. The Balaban J connectivity index is 1.59. The average Bonchev–Trinajstić information content (AvgIpc) is 2.69. The molecule has 1 aliphatic heterocycles. The maximum Gasteiger partial charge on any atom is 0.123 e. The summed E-state index contributed by atoms with van der Waals surface area (Å²) >= 11 is 0. The fourth-order valence-electron chi connectivity index (χ4n) is 4.04. The Morgan fingerprint density at radius 3 is 1.93 bits per heavy atom. The van der Waals surface area contributed by atoms with Gasteiger partial charge in [0.25, 0.3) is 0 Å². The molecule has 28 heavy (non-hydrogen) atoms. The van der Waals surface area contributed by atoms with Crippen LogP contribution in [0.15, 0.2) is 48.5 Å². The summed E-state index contributed by atoms with van der Waals surface area (Å²) in [5.74, 6) is -0.395. The zero-order chi connectivity index (χ0) is 20.0. The smallest absolute Gasteiger partial charge is 0.123 e. The molecule has 1 fully saturated rings. The summed E-state index contributed by atoms with van der Waals surface area (Å²) in [5.41, 5.74) is 1.39. The molecule has 3 nitrogen and oxygen atoms in total. The molecule has 2 aromatic rings. The largest absolute Gasteiger partial charge is 0.387 e. The van der Waals surface area contributed by atoms with Gasteiger partial charge in [-0.05, 0) is 67.6 Å². The number of hydrogen-bond acceptors (Lipinski definition) is 3. The Labute approximate surface area is 165 Å². The number of likely N-dealkylation sites (tertiary alicyclic amines) is 1. The van der Waals surface area contributed by atoms with E-state index in [1.807, 2.05) is 24.3 Å². The van der Waals surface area contributed by atoms with Gasteiger partial charge in [0.1, 0.15) is 11.6 Å². The molecular formula is C23H29F2NO2. The first-order chi connectivity index (χ1) is 13.5. The van der Waals surface area contributed by atoms with E-state index in [4.69, 9.17) is 4.74 Å². The highest BCUT2D eigenvalue weighted by atomic mass is 19.1. The Bertz CT molecular complexity index is 680. The summed E-state index contributed by atoms with van der Waals surface area (Å²) < 4.78 is 31.8. The Hall–Kier alpha value is -1.82. The fraction of sp³-hybridized carbons (Fsp3) is 0.478. The maximum atomic E-state index is 13.3. The number of halogens is 2. The molecule has 2 aromatic carbocycles. The minimum absolute atomic E-state index is 0.108. The number of methoxy groups -OCH3 is 1. The first-order valence-electron chi connectivity index (χ1n) is 9.94. The number of aliphatic hydroxyl groups is 1. The van der Waals surface area contributed by atoms with Crippen molar-refractivity contribution in [2.45, 2.75) is 37.2 Å². The normalized spacial score (nSPS) is 17.2. The van der Waals surface area contributed by atoms with Gasteiger partial charge in [0.05, 0.1) is 12.2 Å². The molecule has 0 spiro atoms. The van der Waals surface area contributed by atoms with Crippen molar-refractivity contribution in [2.24, 2.45) is 0 Å². The Kier molecular flexibility index (Phi) is 7.16. The third-order valence-corrected chi connectivity index (χ3v) is 5.71. The molecule has 1 N–H and O–H groups in total. The summed E-state index contributed by atoms with van der Waals surface area (Å²) in [6, 6.07) is 13.2. The van der Waals surface area contributed by atoms with Crippen LogP contribution in [0.2, 0.25) is 0 Å². The Morgan fingerprint density at radius 2 is 1.46 bits per heavy atom. The van der Waals surface area contributed by atoms with Crippen molar-refractivity contribution in [1.29, 1.82) is 0 Å². The third kappa shape index (κ3) is 5.60. The minimum Gasteiger partial charge on any atom is -0.387 e. The number of nitrogens with zero attached hydrogens (tertiary/aromatic N) is 1. The van der Waals surface area contributed by atoms with Gasteiger partial charge < -0.3 is 14.7 Å². The molecule has 0 atom stereocenters. The second-order valence-electron chi connectivity index (χ2n) is 7.80. The monoisotopic (exact) mass is 389 g/mol. The lowest BCUT2D eigenvalue weighted by Crippen LogP contribution is -2.47. The highest BCUT2D eigenvalue weighted by Crippen LogP contribution is 2.30. The molecule has 0 aromatic heterocycles. The van der Waals surface area contributed by atoms with Crippen LogP contribution in [-0.4, -0.2) is 49.0 Å². The summed E-state index contributed by atoms with van der Waals surface area (Å²) in [6.45, 7) is 3.05. The number of ether oxygens (including phenoxy) is 1. The topological polar surface area (TPSA) is 32.7 Å². The van der Waals surface area contributed by atoms with Crippen molar-refractivity contribution in [2.75, 3.05) is 33.4 Å². The van der Waals surface area contributed by atoms with Gasteiger partial charge in [-0.15, -0.1) is 0 Å². The average molecular weight is 389 g/mol. The first-order valence-corrected chi connectivity index (χ1v) is 9.94. The van der Waals surface area contributed by atoms with Gasteiger partial charge in [-0.1, -0.05) is 24.3 Å². The minimum atomic E-state index is -0.698. The second kappa shape index (κ2) is 9.59. The second-order valence-corrected chi connectivity index (χ2v) is 7.80. The van der Waals surface area contributed by atoms with Gasteiger partial charge in [-0.2, -0.15) is 0 Å². The zero-order valence-electron chi connectivity index (χ0n) is 16.4. The lowest BCUT2D eigenvalue weighted by Gasteiger charge is -2.37. The van der Waals surface area contributed by atoms with Gasteiger partial charge in [0.2, 0.25) is 0 Å². The van der Waals surface area contributed by atoms with Crippen LogP contribution in [0.4, 0.5) is 8.78 Å². The number of benzene rings is 2. The van der Waals surface area contributed by atoms with Crippen LogP contribution < -0.4 is 0 Å². The molecule has 0 aliphatic carbocycles. The molecule has 3 rings (SSSR count). The lowest BCUT2D eigenvalue weighted by molar-refractivity contribution is -0.0708. The van der Waals surface area contributed by atoms with Crippen molar-refractivity contribution in [3.8, 4) is 0 Å². The van der Waals surface area contributed by atoms with E-state index >= 15 is 0 Å². The van der Waals surface area contributed by atoms with Gasteiger partial charge in [-0.25, -0.2) is 8.78 Å². The SMILES string of the molecule is COCC1(O)CCN(CCCC(c2ccc(F)cc2)c2ccc(F)cc2)CC1. The van der Waals surface area contributed by atoms with Gasteiger partial charge in [0.15, 0.2) is 0 Å². The highest BCUT2D eigenvalue weighted by Gasteiger charge is 2.32. The maximum absolute atomic E-state index is 13.3. The van der Waals surface area contributed by atoms with Crippen LogP contribution in [0, 0.1) is 11.6 Å². The highest BCUT2D eigenvalue weighted by molar-refractivity contribution is 5.32. The summed E-state index contributed by atoms with van der Waals surface area (Å²) in [4.78, 5) is 2.37. The van der Waals surface area contributed by atoms with E-state index in [1.165, 1.54) is 24.3 Å². The van der Waals surface area contributed by atoms with E-state index in [2.05, 4.69) is 4.90 Å². The molecule has 5 heteroatoms. The summed E-state index contributed by atoms with van der Waals surface area (Å²) in [7, 11) is 1.62. The quantitative estimate of drug-likeness (QED) is 0.729. The zero-order valence-corrected chi connectivity index (χ0v) is 16.4. The van der Waals surface area contributed by atoms with Crippen molar-refractivity contribution >= 4 is 0 Å². The van der Waals surface area contributed by atoms with E-state index in [0.29, 0.717) is 6.61 Å². The summed E-state index contributed by atoms with van der Waals surface area (Å²) in [5, 5.41) is 10.4. The van der Waals surface area contributed by atoms with Crippen LogP contribution in [0.5, 0.6) is 0 Å². The molecule has 0 amide bonds. The molecule has 0 saturated carbocycles. The molecule has 0 radical (unpaired) electrons. The predicted octanol–water partition coefficient (Wildman–Crippen LogP) is 4.35. The van der Waals surface area contributed by atoms with Crippen molar-refractivity contribution in [1.82, 2.24) is 4.90 Å². The number of rotatable bonds is 8. The van der Waals surface area contributed by atoms with E-state index in [0.717, 1.165) is 56.4 Å². The van der Waals surface area contributed by atoms with E-state index < -0.39 is 5.60 Å². The molecule has 0 bridgehead atoms. The van der Waals surface area contributed by atoms with Gasteiger partial charge in [0, 0.05) is 26.1 Å². The first kappa shape index (κ1) is 20.9. The lowest BCUT2D eigenvalue weighted by atomic mass is 9.87. The molecule has 1 saturated heterocycles. The van der Waals surface area contributed by atoms with Crippen molar-refractivity contribution in [3.63, 3.8) is 0 Å². The molecular weight excluding hydrogens is 360 g/mol. The molecule has 0 unspecified atom stereocenters. The van der Waals surface area contributed by atoms with Crippen molar-refractivity contribution in [3.05, 3.63) is 71.3 Å². The van der Waals surface area contributed by atoms with Crippen LogP contribution >= 0.6 is 0 Å². The van der Waals surface area contributed by atoms with Crippen LogP contribution in [0.3, 0.4) is 0 Å². The fourth-order valence-corrected chi connectivity index (χ4v) is 4.04. The summed E-state index contributed by atoms with van der Waals surface area (Å²) in [6.07, 6.45) is 3.32. The molecule has 1 heterocycles. The number of hydrogen-bond donors (Lipinski definition) is 1. The molecule has 1 aliphatic rings. The van der Waals surface area contributed by atoms with Crippen LogP contribution in [-0.2, 0) is 4.74 Å². The van der Waals surface area contributed by atoms with Crippen LogP contribution in [0.1, 0.15) is 42.7 Å². The van der Waals surface area contributed by atoms with E-state index in [9.17, 15) is 13.9 Å². The van der Waals surface area contributed by atoms with Gasteiger partial charge in [-0.3, -0.25) is 0 Å². The third-order valence-electron chi connectivity index (χ3n) is 5.71. The molecule has 152 valence electrons. The van der Waals surface area contributed by atoms with Gasteiger partial charge >= 0.3 is 0 Å². The van der Waals surface area contributed by atoms with E-state index in [1.54, 1.807) is 7.11 Å².